The average Bonchev–Trinajstić information content (AvgIpc) is 2.47. The van der Waals surface area contributed by atoms with Crippen LogP contribution in [0.1, 0.15) is 6.92 Å². The van der Waals surface area contributed by atoms with Gasteiger partial charge in [0.05, 0.1) is 0 Å². The first-order valence-corrected chi connectivity index (χ1v) is 8.80. The zero-order valence-electron chi connectivity index (χ0n) is 10.6. The van der Waals surface area contributed by atoms with Crippen LogP contribution in [0, 0.1) is 0 Å². The lowest BCUT2D eigenvalue weighted by atomic mass is 10.4. The van der Waals surface area contributed by atoms with Crippen LogP contribution in [-0.2, 0) is 9.84 Å². The Labute approximate surface area is 116 Å². The molecule has 0 spiro atoms. The normalized spacial score (nSPS) is 20.3. The highest BCUT2D eigenvalue weighted by atomic mass is 32.2. The van der Waals surface area contributed by atoms with Gasteiger partial charge in [-0.1, -0.05) is 6.92 Å². The van der Waals surface area contributed by atoms with Crippen LogP contribution in [0.25, 0.3) is 0 Å². The van der Waals surface area contributed by atoms with Crippen molar-refractivity contribution in [1.29, 1.82) is 0 Å². The molecule has 7 nitrogen and oxygen atoms in total. The van der Waals surface area contributed by atoms with Crippen LogP contribution in [-0.4, -0.2) is 47.6 Å². The summed E-state index contributed by atoms with van der Waals surface area (Å²) in [6, 6.07) is 1.66. The highest BCUT2D eigenvalue weighted by Crippen LogP contribution is 2.26. The lowest BCUT2D eigenvalue weighted by Crippen LogP contribution is -2.48. The molecule has 0 amide bonds. The molecule has 9 heteroatoms. The van der Waals surface area contributed by atoms with Gasteiger partial charge >= 0.3 is 0 Å². The van der Waals surface area contributed by atoms with Gasteiger partial charge in [-0.3, -0.25) is 0 Å². The van der Waals surface area contributed by atoms with Gasteiger partial charge in [0.25, 0.3) is 0 Å². The molecule has 2 heterocycles. The van der Waals surface area contributed by atoms with E-state index >= 15 is 0 Å². The van der Waals surface area contributed by atoms with Crippen LogP contribution in [0.4, 0.5) is 11.6 Å². The van der Waals surface area contributed by atoms with Gasteiger partial charge in [0.1, 0.15) is 23.3 Å². The number of hydrogen-bond donors (Lipinski definition) is 2. The summed E-state index contributed by atoms with van der Waals surface area (Å²) in [5.74, 6) is 7.94. The SMILES string of the molecule is CCS(=O)(=O)C1CSCCN1c1cc(NN)ncn1. The number of nitrogens with one attached hydrogen (secondary N) is 1. The summed E-state index contributed by atoms with van der Waals surface area (Å²) >= 11 is 1.65. The first-order chi connectivity index (χ1) is 9.08. The van der Waals surface area contributed by atoms with Crippen molar-refractivity contribution in [3.8, 4) is 0 Å². The van der Waals surface area contributed by atoms with Crippen LogP contribution in [0.3, 0.4) is 0 Å². The molecule has 1 aliphatic rings. The fourth-order valence-corrected chi connectivity index (χ4v) is 4.89. The number of rotatable bonds is 4. The summed E-state index contributed by atoms with van der Waals surface area (Å²) in [5.41, 5.74) is 2.44. The van der Waals surface area contributed by atoms with Gasteiger partial charge in [0.15, 0.2) is 9.84 Å². The van der Waals surface area contributed by atoms with E-state index in [0.717, 1.165) is 5.75 Å². The number of anilines is 2. The highest BCUT2D eigenvalue weighted by Gasteiger charge is 2.33. The van der Waals surface area contributed by atoms with Gasteiger partial charge in [0, 0.05) is 29.9 Å². The second kappa shape index (κ2) is 5.93. The van der Waals surface area contributed by atoms with Crippen molar-refractivity contribution in [2.24, 2.45) is 5.84 Å². The number of aromatic nitrogens is 2. The van der Waals surface area contributed by atoms with Gasteiger partial charge < -0.3 is 10.3 Å². The van der Waals surface area contributed by atoms with Gasteiger partial charge in [-0.15, -0.1) is 0 Å². The Hall–Kier alpha value is -1.06. The minimum absolute atomic E-state index is 0.127. The fraction of sp³-hybridized carbons (Fsp3) is 0.600. The fourth-order valence-electron chi connectivity index (χ4n) is 1.92. The van der Waals surface area contributed by atoms with E-state index in [1.165, 1.54) is 6.33 Å². The van der Waals surface area contributed by atoms with Crippen molar-refractivity contribution in [2.45, 2.75) is 12.3 Å². The average molecular weight is 303 g/mol. The number of thioether (sulfide) groups is 1. The van der Waals surface area contributed by atoms with E-state index in [9.17, 15) is 8.42 Å². The monoisotopic (exact) mass is 303 g/mol. The Morgan fingerprint density at radius 2 is 2.37 bits per heavy atom. The molecule has 1 fully saturated rings. The number of nitrogens with zero attached hydrogens (tertiary/aromatic N) is 3. The highest BCUT2D eigenvalue weighted by molar-refractivity contribution is 8.01. The van der Waals surface area contributed by atoms with Crippen molar-refractivity contribution >= 4 is 33.2 Å². The van der Waals surface area contributed by atoms with E-state index in [0.29, 0.717) is 23.9 Å². The first-order valence-electron chi connectivity index (χ1n) is 5.93. The van der Waals surface area contributed by atoms with E-state index in [4.69, 9.17) is 5.84 Å². The van der Waals surface area contributed by atoms with Crippen molar-refractivity contribution in [1.82, 2.24) is 9.97 Å². The van der Waals surface area contributed by atoms with E-state index in [1.807, 2.05) is 4.90 Å². The zero-order chi connectivity index (χ0) is 13.9. The van der Waals surface area contributed by atoms with Gasteiger partial charge in [-0.05, 0) is 0 Å². The Kier molecular flexibility index (Phi) is 4.48. The number of hydrogen-bond acceptors (Lipinski definition) is 8. The summed E-state index contributed by atoms with van der Waals surface area (Å²) in [6.45, 7) is 2.31. The lowest BCUT2D eigenvalue weighted by Gasteiger charge is -2.35. The predicted octanol–water partition coefficient (Wildman–Crippen LogP) is 0.0762. The minimum atomic E-state index is -3.15. The van der Waals surface area contributed by atoms with Crippen molar-refractivity contribution in [3.63, 3.8) is 0 Å². The summed E-state index contributed by atoms with van der Waals surface area (Å²) in [6.07, 6.45) is 1.38. The van der Waals surface area contributed by atoms with E-state index in [2.05, 4.69) is 15.4 Å². The molecule has 0 radical (unpaired) electrons. The molecule has 1 saturated heterocycles. The third-order valence-corrected chi connectivity index (χ3v) is 6.28. The van der Waals surface area contributed by atoms with E-state index in [-0.39, 0.29) is 5.75 Å². The number of sulfone groups is 1. The molecular formula is C10H17N5O2S2. The number of nitrogens with two attached hydrogens (primary N) is 1. The summed E-state index contributed by atoms with van der Waals surface area (Å²) in [4.78, 5) is 9.90. The van der Waals surface area contributed by atoms with Crippen molar-refractivity contribution < 1.29 is 8.42 Å². The molecule has 2 rings (SSSR count). The molecule has 1 unspecified atom stereocenters. The summed E-state index contributed by atoms with van der Waals surface area (Å²) in [5, 5.41) is -0.531. The van der Waals surface area contributed by atoms with Gasteiger partial charge in [0.2, 0.25) is 0 Å². The van der Waals surface area contributed by atoms with E-state index < -0.39 is 15.2 Å². The number of hydrazine groups is 1. The molecule has 19 heavy (non-hydrogen) atoms. The predicted molar refractivity (Wildman–Crippen MR) is 77.8 cm³/mol. The third-order valence-electron chi connectivity index (χ3n) is 3.00. The Bertz CT molecular complexity index is 536. The van der Waals surface area contributed by atoms with Crippen LogP contribution < -0.4 is 16.2 Å². The molecule has 1 aliphatic heterocycles. The molecule has 3 N–H and O–H groups in total. The molecule has 0 aromatic carbocycles. The maximum Gasteiger partial charge on any atom is 0.171 e. The largest absolute Gasteiger partial charge is 0.338 e. The maximum absolute atomic E-state index is 12.2. The molecule has 0 bridgehead atoms. The Morgan fingerprint density at radius 1 is 1.58 bits per heavy atom. The van der Waals surface area contributed by atoms with E-state index in [1.54, 1.807) is 24.8 Å². The molecular weight excluding hydrogens is 286 g/mol. The van der Waals surface area contributed by atoms with Crippen LogP contribution in [0.15, 0.2) is 12.4 Å². The lowest BCUT2D eigenvalue weighted by molar-refractivity contribution is 0.579. The molecule has 0 aliphatic carbocycles. The van der Waals surface area contributed by atoms with Crippen LogP contribution in [0.2, 0.25) is 0 Å². The Balaban J connectivity index is 2.34. The zero-order valence-corrected chi connectivity index (χ0v) is 12.2. The second-order valence-corrected chi connectivity index (χ2v) is 7.68. The van der Waals surface area contributed by atoms with Gasteiger partial charge in [-0.2, -0.15) is 11.8 Å². The second-order valence-electron chi connectivity index (χ2n) is 4.08. The van der Waals surface area contributed by atoms with Crippen LogP contribution >= 0.6 is 11.8 Å². The molecule has 1 atom stereocenters. The number of nitrogen functional groups attached to an aromatic ring is 1. The molecule has 1 aromatic rings. The summed E-state index contributed by atoms with van der Waals surface area (Å²) < 4.78 is 24.3. The third kappa shape index (κ3) is 3.10. The quantitative estimate of drug-likeness (QED) is 0.595. The summed E-state index contributed by atoms with van der Waals surface area (Å²) in [7, 11) is -3.15. The van der Waals surface area contributed by atoms with Crippen molar-refractivity contribution in [3.05, 3.63) is 12.4 Å². The Morgan fingerprint density at radius 3 is 3.05 bits per heavy atom. The van der Waals surface area contributed by atoms with Gasteiger partial charge in [-0.25, -0.2) is 24.2 Å². The maximum atomic E-state index is 12.2. The molecule has 0 saturated carbocycles. The topological polar surface area (TPSA) is 101 Å². The standard InChI is InChI=1S/C10H17N5O2S2/c1-2-19(16,17)10-6-18-4-3-15(10)9-5-8(14-11)12-7-13-9/h5,7,10H,2-4,6,11H2,1H3,(H,12,13,14). The van der Waals surface area contributed by atoms with Crippen molar-refractivity contribution in [2.75, 3.05) is 34.1 Å². The minimum Gasteiger partial charge on any atom is -0.338 e. The molecule has 106 valence electrons. The smallest absolute Gasteiger partial charge is 0.171 e. The first kappa shape index (κ1) is 14.4. The molecule has 1 aromatic heterocycles. The van der Waals surface area contributed by atoms with Crippen LogP contribution in [0.5, 0.6) is 0 Å².